The first kappa shape index (κ1) is 13.2. The first-order chi connectivity index (χ1) is 8.70. The first-order valence-corrected chi connectivity index (χ1v) is 7.07. The van der Waals surface area contributed by atoms with E-state index in [9.17, 15) is 4.79 Å². The van der Waals surface area contributed by atoms with Crippen LogP contribution in [0.1, 0.15) is 24.9 Å². The van der Waals surface area contributed by atoms with Gasteiger partial charge < -0.3 is 14.8 Å². The highest BCUT2D eigenvalue weighted by Gasteiger charge is 2.14. The van der Waals surface area contributed by atoms with E-state index in [0.29, 0.717) is 18.5 Å². The molecular weight excluding hydrogens is 298 g/mol. The number of nitrogens with one attached hydrogen (secondary N) is 1. The van der Waals surface area contributed by atoms with E-state index in [0.717, 1.165) is 23.5 Å². The third-order valence-electron chi connectivity index (χ3n) is 2.77. The van der Waals surface area contributed by atoms with E-state index in [1.165, 1.54) is 0 Å². The molecule has 1 atom stereocenters. The predicted molar refractivity (Wildman–Crippen MR) is 72.4 cm³/mol. The molecule has 0 bridgehead atoms. The van der Waals surface area contributed by atoms with Crippen LogP contribution in [0.2, 0.25) is 0 Å². The fraction of sp³-hybridized carbons (Fsp3) is 0.462. The smallest absolute Gasteiger partial charge is 0.231 e. The number of fused-ring (bicyclic) bond motifs is 1. The van der Waals surface area contributed by atoms with E-state index in [4.69, 9.17) is 9.47 Å². The summed E-state index contributed by atoms with van der Waals surface area (Å²) in [5.74, 6) is 1.50. The van der Waals surface area contributed by atoms with Crippen molar-refractivity contribution in [2.75, 3.05) is 18.5 Å². The minimum Gasteiger partial charge on any atom is -0.490 e. The van der Waals surface area contributed by atoms with Gasteiger partial charge in [-0.2, -0.15) is 0 Å². The SMILES string of the molecule is CC(NC(=O)CBr)c1ccc2c(c1)OCCCO2. The molecule has 0 aromatic heterocycles. The Hall–Kier alpha value is -1.23. The minimum atomic E-state index is -0.0489. The summed E-state index contributed by atoms with van der Waals surface area (Å²) < 4.78 is 11.2. The fourth-order valence-electron chi connectivity index (χ4n) is 1.81. The number of hydrogen-bond donors (Lipinski definition) is 1. The third kappa shape index (κ3) is 3.16. The van der Waals surface area contributed by atoms with Crippen molar-refractivity contribution in [1.82, 2.24) is 5.32 Å². The number of hydrogen-bond acceptors (Lipinski definition) is 3. The second-order valence-electron chi connectivity index (χ2n) is 4.18. The molecule has 0 saturated heterocycles. The lowest BCUT2D eigenvalue weighted by atomic mass is 10.1. The van der Waals surface area contributed by atoms with Gasteiger partial charge in [-0.25, -0.2) is 0 Å². The number of carbonyl (C=O) groups excluding carboxylic acids is 1. The molecule has 1 amide bonds. The Morgan fingerprint density at radius 3 is 2.83 bits per heavy atom. The van der Waals surface area contributed by atoms with Gasteiger partial charge in [0.15, 0.2) is 11.5 Å². The van der Waals surface area contributed by atoms with Crippen molar-refractivity contribution < 1.29 is 14.3 Å². The van der Waals surface area contributed by atoms with E-state index in [1.54, 1.807) is 0 Å². The summed E-state index contributed by atoms with van der Waals surface area (Å²) in [6.45, 7) is 3.29. The molecule has 0 radical (unpaired) electrons. The molecule has 0 fully saturated rings. The van der Waals surface area contributed by atoms with Crippen LogP contribution in [0.4, 0.5) is 0 Å². The van der Waals surface area contributed by atoms with Crippen LogP contribution in [-0.2, 0) is 4.79 Å². The molecule has 2 rings (SSSR count). The minimum absolute atomic E-state index is 0.0328. The maximum absolute atomic E-state index is 11.3. The molecule has 0 saturated carbocycles. The van der Waals surface area contributed by atoms with Crippen molar-refractivity contribution >= 4 is 21.8 Å². The molecule has 98 valence electrons. The molecule has 0 aliphatic carbocycles. The number of amides is 1. The lowest BCUT2D eigenvalue weighted by molar-refractivity contribution is -0.119. The lowest BCUT2D eigenvalue weighted by Gasteiger charge is -2.15. The molecule has 18 heavy (non-hydrogen) atoms. The predicted octanol–water partition coefficient (Wildman–Crippen LogP) is 2.42. The first-order valence-electron chi connectivity index (χ1n) is 5.95. The number of carbonyl (C=O) groups is 1. The maximum Gasteiger partial charge on any atom is 0.231 e. The molecule has 1 aliphatic rings. The van der Waals surface area contributed by atoms with Crippen molar-refractivity contribution in [3.05, 3.63) is 23.8 Å². The Kier molecular flexibility index (Phi) is 4.47. The maximum atomic E-state index is 11.3. The Labute approximate surface area is 115 Å². The van der Waals surface area contributed by atoms with Crippen molar-refractivity contribution in [3.8, 4) is 11.5 Å². The quantitative estimate of drug-likeness (QED) is 0.872. The number of benzene rings is 1. The molecule has 1 N–H and O–H groups in total. The molecular formula is C13H16BrNO3. The van der Waals surface area contributed by atoms with Gasteiger partial charge >= 0.3 is 0 Å². The van der Waals surface area contributed by atoms with Crippen molar-refractivity contribution in [2.45, 2.75) is 19.4 Å². The van der Waals surface area contributed by atoms with Crippen LogP contribution < -0.4 is 14.8 Å². The normalized spacial score (nSPS) is 15.7. The summed E-state index contributed by atoms with van der Waals surface area (Å²) in [5, 5.41) is 3.19. The summed E-state index contributed by atoms with van der Waals surface area (Å²) in [4.78, 5) is 11.3. The highest BCUT2D eigenvalue weighted by atomic mass is 79.9. The van der Waals surface area contributed by atoms with Crippen molar-refractivity contribution in [2.24, 2.45) is 0 Å². The van der Waals surface area contributed by atoms with Crippen molar-refractivity contribution in [3.63, 3.8) is 0 Å². The molecule has 1 aromatic rings. The molecule has 1 aliphatic heterocycles. The lowest BCUT2D eigenvalue weighted by Crippen LogP contribution is -2.27. The van der Waals surface area contributed by atoms with Crippen LogP contribution in [-0.4, -0.2) is 24.5 Å². The summed E-state index contributed by atoms with van der Waals surface area (Å²) >= 11 is 3.13. The molecule has 4 nitrogen and oxygen atoms in total. The zero-order valence-corrected chi connectivity index (χ0v) is 11.8. The summed E-state index contributed by atoms with van der Waals surface area (Å²) in [6, 6.07) is 5.73. The van der Waals surface area contributed by atoms with Gasteiger partial charge in [0, 0.05) is 6.42 Å². The second kappa shape index (κ2) is 6.09. The van der Waals surface area contributed by atoms with E-state index < -0.39 is 0 Å². The van der Waals surface area contributed by atoms with Gasteiger partial charge in [0.1, 0.15) is 0 Å². The highest BCUT2D eigenvalue weighted by Crippen LogP contribution is 2.32. The van der Waals surface area contributed by atoms with Gasteiger partial charge in [-0.15, -0.1) is 0 Å². The molecule has 1 unspecified atom stereocenters. The number of ether oxygens (including phenoxy) is 2. The fourth-order valence-corrected chi connectivity index (χ4v) is 1.97. The molecule has 1 aromatic carbocycles. The average molecular weight is 314 g/mol. The highest BCUT2D eigenvalue weighted by molar-refractivity contribution is 9.09. The summed E-state index contributed by atoms with van der Waals surface area (Å²) in [6.07, 6.45) is 0.889. The Morgan fingerprint density at radius 2 is 2.11 bits per heavy atom. The molecule has 5 heteroatoms. The summed E-state index contributed by atoms with van der Waals surface area (Å²) in [5.41, 5.74) is 1.01. The number of alkyl halides is 1. The van der Waals surface area contributed by atoms with Crippen LogP contribution >= 0.6 is 15.9 Å². The monoisotopic (exact) mass is 313 g/mol. The van der Waals surface area contributed by atoms with E-state index >= 15 is 0 Å². The average Bonchev–Trinajstić information content (AvgIpc) is 2.62. The van der Waals surface area contributed by atoms with Gasteiger partial charge in [-0.1, -0.05) is 22.0 Å². The largest absolute Gasteiger partial charge is 0.490 e. The van der Waals surface area contributed by atoms with Crippen LogP contribution in [0.3, 0.4) is 0 Å². The van der Waals surface area contributed by atoms with Gasteiger partial charge in [0.05, 0.1) is 24.6 Å². The number of rotatable bonds is 3. The Morgan fingerprint density at radius 1 is 1.39 bits per heavy atom. The number of halogens is 1. The summed E-state index contributed by atoms with van der Waals surface area (Å²) in [7, 11) is 0. The third-order valence-corrected chi connectivity index (χ3v) is 3.28. The van der Waals surface area contributed by atoms with Crippen LogP contribution in [0.25, 0.3) is 0 Å². The van der Waals surface area contributed by atoms with Crippen LogP contribution in [0, 0.1) is 0 Å². The van der Waals surface area contributed by atoms with Gasteiger partial charge in [-0.05, 0) is 24.6 Å². The Bertz CT molecular complexity index is 436. The van der Waals surface area contributed by atoms with Crippen LogP contribution in [0.5, 0.6) is 11.5 Å². The zero-order chi connectivity index (χ0) is 13.0. The topological polar surface area (TPSA) is 47.6 Å². The molecule has 0 spiro atoms. The van der Waals surface area contributed by atoms with Gasteiger partial charge in [-0.3, -0.25) is 4.79 Å². The van der Waals surface area contributed by atoms with E-state index in [2.05, 4.69) is 21.2 Å². The molecule has 1 heterocycles. The zero-order valence-electron chi connectivity index (χ0n) is 10.2. The van der Waals surface area contributed by atoms with E-state index in [-0.39, 0.29) is 11.9 Å². The van der Waals surface area contributed by atoms with Gasteiger partial charge in [0.2, 0.25) is 5.91 Å². The van der Waals surface area contributed by atoms with Crippen LogP contribution in [0.15, 0.2) is 18.2 Å². The van der Waals surface area contributed by atoms with E-state index in [1.807, 2.05) is 25.1 Å². The Balaban J connectivity index is 2.14. The standard InChI is InChI=1S/C13H16BrNO3/c1-9(15-13(16)8-14)10-3-4-11-12(7-10)18-6-2-5-17-11/h3-4,7,9H,2,5-6,8H2,1H3,(H,15,16). The van der Waals surface area contributed by atoms with Gasteiger partial charge in [0.25, 0.3) is 0 Å². The van der Waals surface area contributed by atoms with Crippen molar-refractivity contribution in [1.29, 1.82) is 0 Å². The second-order valence-corrected chi connectivity index (χ2v) is 4.74.